The van der Waals surface area contributed by atoms with Crippen LogP contribution < -0.4 is 4.90 Å². The van der Waals surface area contributed by atoms with Crippen molar-refractivity contribution in [3.63, 3.8) is 0 Å². The highest BCUT2D eigenvalue weighted by Gasteiger charge is 2.41. The molecular formula is C24H21F9N2O3. The first-order valence-corrected chi connectivity index (χ1v) is 11.1. The molecule has 1 heterocycles. The van der Waals surface area contributed by atoms with Crippen LogP contribution in [0.4, 0.5) is 50.0 Å². The second-order valence-electron chi connectivity index (χ2n) is 8.63. The maximum Gasteiger partial charge on any atom is 0.416 e. The molecule has 0 unspecified atom stereocenters. The predicted octanol–water partition coefficient (Wildman–Crippen LogP) is 7.20. The molecule has 2 atom stereocenters. The van der Waals surface area contributed by atoms with E-state index in [0.717, 1.165) is 15.9 Å². The molecule has 0 fully saturated rings. The molecule has 2 amide bonds. The van der Waals surface area contributed by atoms with Crippen LogP contribution in [0.15, 0.2) is 36.4 Å². The molecule has 1 aliphatic rings. The number of alkyl halides is 9. The third kappa shape index (κ3) is 6.16. The Morgan fingerprint density at radius 2 is 1.50 bits per heavy atom. The van der Waals surface area contributed by atoms with Crippen LogP contribution in [0.2, 0.25) is 0 Å². The van der Waals surface area contributed by atoms with E-state index in [0.29, 0.717) is 24.3 Å². The molecule has 38 heavy (non-hydrogen) atoms. The van der Waals surface area contributed by atoms with Crippen LogP contribution in [-0.4, -0.2) is 30.1 Å². The largest absolute Gasteiger partial charge is 0.449 e. The van der Waals surface area contributed by atoms with Gasteiger partial charge in [0.2, 0.25) is 6.41 Å². The van der Waals surface area contributed by atoms with E-state index >= 15 is 0 Å². The van der Waals surface area contributed by atoms with Crippen molar-refractivity contribution in [2.45, 2.75) is 57.4 Å². The van der Waals surface area contributed by atoms with E-state index in [-0.39, 0.29) is 36.8 Å². The zero-order valence-corrected chi connectivity index (χ0v) is 19.8. The van der Waals surface area contributed by atoms with Gasteiger partial charge < -0.3 is 9.64 Å². The average molecular weight is 556 g/mol. The van der Waals surface area contributed by atoms with Crippen molar-refractivity contribution in [1.29, 1.82) is 0 Å². The Balaban J connectivity index is 2.12. The summed E-state index contributed by atoms with van der Waals surface area (Å²) in [5.41, 5.74) is -5.05. The van der Waals surface area contributed by atoms with Crippen LogP contribution in [-0.2, 0) is 34.6 Å². The molecule has 0 radical (unpaired) electrons. The summed E-state index contributed by atoms with van der Waals surface area (Å²) in [4.78, 5) is 26.5. The molecular weight excluding hydrogens is 535 g/mol. The molecule has 5 nitrogen and oxygen atoms in total. The minimum Gasteiger partial charge on any atom is -0.449 e. The number of halogens is 9. The predicted molar refractivity (Wildman–Crippen MR) is 116 cm³/mol. The van der Waals surface area contributed by atoms with Crippen molar-refractivity contribution in [3.8, 4) is 0 Å². The molecule has 0 N–H and O–H groups in total. The van der Waals surface area contributed by atoms with Crippen LogP contribution in [0.1, 0.15) is 54.1 Å². The lowest BCUT2D eigenvalue weighted by molar-refractivity contribution is -0.143. The van der Waals surface area contributed by atoms with E-state index < -0.39 is 65.5 Å². The first-order valence-electron chi connectivity index (χ1n) is 11.1. The number of carbonyl (C=O) groups is 2. The number of amides is 2. The monoisotopic (exact) mass is 556 g/mol. The van der Waals surface area contributed by atoms with Crippen LogP contribution in [0.5, 0.6) is 0 Å². The quantitative estimate of drug-likeness (QED) is 0.289. The molecule has 2 aromatic rings. The van der Waals surface area contributed by atoms with Gasteiger partial charge in [-0.15, -0.1) is 0 Å². The third-order valence-corrected chi connectivity index (χ3v) is 5.99. The van der Waals surface area contributed by atoms with Gasteiger partial charge in [0.05, 0.1) is 35.0 Å². The Morgan fingerprint density at radius 3 is 1.97 bits per heavy atom. The second-order valence-corrected chi connectivity index (χ2v) is 8.63. The van der Waals surface area contributed by atoms with Gasteiger partial charge in [0, 0.05) is 12.6 Å². The first kappa shape index (κ1) is 29.1. The van der Waals surface area contributed by atoms with Gasteiger partial charge in [-0.25, -0.2) is 4.79 Å². The van der Waals surface area contributed by atoms with Crippen molar-refractivity contribution >= 4 is 18.2 Å². The second kappa shape index (κ2) is 10.4. The van der Waals surface area contributed by atoms with Gasteiger partial charge in [-0.1, -0.05) is 0 Å². The minimum absolute atomic E-state index is 0.0351. The molecule has 0 saturated heterocycles. The number of anilines is 1. The molecule has 14 heteroatoms. The normalized spacial score (nSPS) is 18.1. The van der Waals surface area contributed by atoms with Crippen LogP contribution >= 0.6 is 0 Å². The molecule has 0 aromatic heterocycles. The molecule has 0 saturated carbocycles. The highest BCUT2D eigenvalue weighted by molar-refractivity contribution is 5.90. The lowest BCUT2D eigenvalue weighted by atomic mass is 9.89. The van der Waals surface area contributed by atoms with E-state index in [2.05, 4.69) is 0 Å². The van der Waals surface area contributed by atoms with Crippen molar-refractivity contribution in [3.05, 3.63) is 64.2 Å². The zero-order chi connectivity index (χ0) is 28.6. The first-order chi connectivity index (χ1) is 17.5. The lowest BCUT2D eigenvalue weighted by Gasteiger charge is -2.42. The van der Waals surface area contributed by atoms with Crippen LogP contribution in [0, 0.1) is 0 Å². The highest BCUT2D eigenvalue weighted by Crippen LogP contribution is 2.44. The Hall–Kier alpha value is -3.45. The van der Waals surface area contributed by atoms with Gasteiger partial charge in [-0.3, -0.25) is 9.69 Å². The molecule has 0 aliphatic carbocycles. The summed E-state index contributed by atoms with van der Waals surface area (Å²) in [6.45, 7) is 2.21. The van der Waals surface area contributed by atoms with Crippen molar-refractivity contribution in [1.82, 2.24) is 4.90 Å². The van der Waals surface area contributed by atoms with Crippen LogP contribution in [0.25, 0.3) is 0 Å². The third-order valence-electron chi connectivity index (χ3n) is 5.99. The van der Waals surface area contributed by atoms with Gasteiger partial charge >= 0.3 is 24.6 Å². The smallest absolute Gasteiger partial charge is 0.416 e. The summed E-state index contributed by atoms with van der Waals surface area (Å²) in [7, 11) is 0. The SMILES string of the molecule is CCOC(=O)N1c2ccc(C(F)(F)F)cc2[C@@H](N(C=O)Cc2cc(C(F)(F)F)cc(C(F)(F)F)c2)C[C@H]1C. The number of ether oxygens (including phenoxy) is 1. The Labute approximate surface area is 210 Å². The maximum atomic E-state index is 13.5. The molecule has 2 aromatic carbocycles. The summed E-state index contributed by atoms with van der Waals surface area (Å²) >= 11 is 0. The van der Waals surface area contributed by atoms with Crippen molar-refractivity contribution in [2.24, 2.45) is 0 Å². The van der Waals surface area contributed by atoms with E-state index in [9.17, 15) is 49.1 Å². The number of hydrogen-bond donors (Lipinski definition) is 0. The molecule has 0 bridgehead atoms. The molecule has 208 valence electrons. The Kier molecular flexibility index (Phi) is 7.94. The van der Waals surface area contributed by atoms with E-state index in [1.165, 1.54) is 13.8 Å². The van der Waals surface area contributed by atoms with Crippen LogP contribution in [0.3, 0.4) is 0 Å². The fraction of sp³-hybridized carbons (Fsp3) is 0.417. The van der Waals surface area contributed by atoms with Crippen molar-refractivity contribution in [2.75, 3.05) is 11.5 Å². The lowest BCUT2D eigenvalue weighted by Crippen LogP contribution is -2.46. The Morgan fingerprint density at radius 1 is 0.947 bits per heavy atom. The van der Waals surface area contributed by atoms with Crippen molar-refractivity contribution < 1.29 is 53.8 Å². The number of fused-ring (bicyclic) bond motifs is 1. The molecule has 0 spiro atoms. The Bertz CT molecular complexity index is 1160. The summed E-state index contributed by atoms with van der Waals surface area (Å²) in [5.74, 6) is 0. The van der Waals surface area contributed by atoms with Gasteiger partial charge in [0.25, 0.3) is 0 Å². The van der Waals surface area contributed by atoms with E-state index in [1.54, 1.807) is 0 Å². The van der Waals surface area contributed by atoms with Gasteiger partial charge in [-0.2, -0.15) is 39.5 Å². The maximum absolute atomic E-state index is 13.5. The van der Waals surface area contributed by atoms with E-state index in [4.69, 9.17) is 4.74 Å². The van der Waals surface area contributed by atoms with Gasteiger partial charge in [-0.05, 0) is 67.8 Å². The van der Waals surface area contributed by atoms with Gasteiger partial charge in [0.15, 0.2) is 0 Å². The number of benzene rings is 2. The van der Waals surface area contributed by atoms with Gasteiger partial charge in [0.1, 0.15) is 0 Å². The number of carbonyl (C=O) groups excluding carboxylic acids is 2. The standard InChI is InChI=1S/C24H21F9N2O3/c1-3-38-21(37)35-13(2)6-20(18-10-15(22(25,26)27)4-5-19(18)35)34(12-36)11-14-7-16(23(28,29)30)9-17(8-14)24(31,32)33/h4-5,7-10,12-13,20H,3,6,11H2,1-2H3/t13-,20+/m1/s1. The summed E-state index contributed by atoms with van der Waals surface area (Å²) < 4.78 is 125. The zero-order valence-electron chi connectivity index (χ0n) is 19.8. The minimum atomic E-state index is -5.13. The fourth-order valence-electron chi connectivity index (χ4n) is 4.34. The summed E-state index contributed by atoms with van der Waals surface area (Å²) in [6.07, 6.45) is -16.0. The summed E-state index contributed by atoms with van der Waals surface area (Å²) in [6, 6.07) is 1.26. The molecule has 1 aliphatic heterocycles. The summed E-state index contributed by atoms with van der Waals surface area (Å²) in [5, 5.41) is 0. The average Bonchev–Trinajstić information content (AvgIpc) is 2.80. The van der Waals surface area contributed by atoms with E-state index in [1.807, 2.05) is 0 Å². The molecule has 3 rings (SSSR count). The number of hydrogen-bond acceptors (Lipinski definition) is 3. The number of rotatable bonds is 5. The topological polar surface area (TPSA) is 49.9 Å². The highest BCUT2D eigenvalue weighted by atomic mass is 19.4. The number of nitrogens with zero attached hydrogens (tertiary/aromatic N) is 2. The fourth-order valence-corrected chi connectivity index (χ4v) is 4.34.